The van der Waals surface area contributed by atoms with Crippen LogP contribution < -0.4 is 5.32 Å². The molecule has 2 N–H and O–H groups in total. The molecule has 2 rings (SSSR count). The first-order chi connectivity index (χ1) is 9.51. The Labute approximate surface area is 127 Å². The number of aromatic nitrogens is 2. The van der Waals surface area contributed by atoms with Crippen molar-refractivity contribution in [2.75, 3.05) is 5.32 Å². The highest BCUT2D eigenvalue weighted by Gasteiger charge is 2.16. The smallest absolute Gasteiger partial charge is 0.335 e. The zero-order valence-corrected chi connectivity index (χ0v) is 12.8. The average Bonchev–Trinajstić information content (AvgIpc) is 2.86. The Morgan fingerprint density at radius 2 is 2.15 bits per heavy atom. The highest BCUT2D eigenvalue weighted by molar-refractivity contribution is 9.10. The van der Waals surface area contributed by atoms with E-state index in [0.717, 1.165) is 11.5 Å². The minimum absolute atomic E-state index is 0.0906. The molecule has 6 nitrogen and oxygen atoms in total. The Balaban J connectivity index is 2.26. The van der Waals surface area contributed by atoms with E-state index in [1.807, 2.05) is 6.92 Å². The normalized spacial score (nSPS) is 10.3. The number of nitrogens with zero attached hydrogens (tertiary/aromatic N) is 2. The minimum atomic E-state index is -1.06. The molecule has 0 saturated carbocycles. The highest BCUT2D eigenvalue weighted by Crippen LogP contribution is 2.21. The number of carbonyl (C=O) groups is 2. The molecule has 1 heterocycles. The second-order valence-electron chi connectivity index (χ2n) is 3.89. The van der Waals surface area contributed by atoms with Crippen LogP contribution >= 0.6 is 27.5 Å². The van der Waals surface area contributed by atoms with E-state index in [1.165, 1.54) is 12.1 Å². The zero-order valence-electron chi connectivity index (χ0n) is 10.4. The molecule has 2 aromatic rings. The second kappa shape index (κ2) is 6.10. The Morgan fingerprint density at radius 3 is 2.80 bits per heavy atom. The molecule has 1 amide bonds. The number of carboxylic acid groups (broad SMARTS) is 1. The molecule has 1 aromatic carbocycles. The number of carbonyl (C=O) groups excluding carboxylic acids is 1. The third-order valence-corrected chi connectivity index (χ3v) is 3.72. The molecule has 8 heteroatoms. The molecule has 0 aliphatic rings. The van der Waals surface area contributed by atoms with E-state index in [1.54, 1.807) is 6.07 Å². The summed E-state index contributed by atoms with van der Waals surface area (Å²) in [6.45, 7) is 1.88. The maximum Gasteiger partial charge on any atom is 0.335 e. The number of aryl methyl sites for hydroxylation is 1. The molecular weight excluding hydrogens is 346 g/mol. The molecule has 0 atom stereocenters. The predicted octanol–water partition coefficient (Wildman–Crippen LogP) is 2.81. The van der Waals surface area contributed by atoms with Crippen molar-refractivity contribution in [3.63, 3.8) is 0 Å². The van der Waals surface area contributed by atoms with Crippen LogP contribution in [0.1, 0.15) is 32.6 Å². The lowest BCUT2D eigenvalue weighted by Crippen LogP contribution is -2.13. The van der Waals surface area contributed by atoms with E-state index < -0.39 is 5.97 Å². The lowest BCUT2D eigenvalue weighted by atomic mass is 10.2. The number of anilines is 1. The van der Waals surface area contributed by atoms with Crippen molar-refractivity contribution in [2.24, 2.45) is 0 Å². The molecule has 0 spiro atoms. The van der Waals surface area contributed by atoms with Gasteiger partial charge in [0.25, 0.3) is 5.91 Å². The first-order valence-electron chi connectivity index (χ1n) is 5.67. The van der Waals surface area contributed by atoms with Crippen LogP contribution in [0, 0.1) is 0 Å². The molecular formula is C12H10BrN3O3S. The van der Waals surface area contributed by atoms with Crippen molar-refractivity contribution in [3.05, 3.63) is 38.8 Å². The van der Waals surface area contributed by atoms with Gasteiger partial charge in [-0.25, -0.2) is 4.79 Å². The van der Waals surface area contributed by atoms with Crippen molar-refractivity contribution in [1.29, 1.82) is 0 Å². The number of hydrogen-bond acceptors (Lipinski definition) is 5. The van der Waals surface area contributed by atoms with E-state index in [4.69, 9.17) is 5.11 Å². The fraction of sp³-hybridized carbons (Fsp3) is 0.167. The van der Waals surface area contributed by atoms with Crippen molar-refractivity contribution in [3.8, 4) is 0 Å². The third-order valence-electron chi connectivity index (χ3n) is 2.50. The molecule has 1 aromatic heterocycles. The Morgan fingerprint density at radius 1 is 1.40 bits per heavy atom. The van der Waals surface area contributed by atoms with E-state index in [2.05, 4.69) is 30.8 Å². The van der Waals surface area contributed by atoms with Gasteiger partial charge in [0.1, 0.15) is 4.88 Å². The van der Waals surface area contributed by atoms with Crippen LogP contribution in [0.15, 0.2) is 22.7 Å². The van der Waals surface area contributed by atoms with Gasteiger partial charge in [-0.15, -0.1) is 5.10 Å². The average molecular weight is 356 g/mol. The first kappa shape index (κ1) is 14.6. The summed E-state index contributed by atoms with van der Waals surface area (Å²) >= 11 is 4.23. The number of hydrogen-bond donors (Lipinski definition) is 2. The minimum Gasteiger partial charge on any atom is -0.478 e. The fourth-order valence-corrected chi connectivity index (χ4v) is 2.72. The molecule has 0 unspecified atom stereocenters. The molecule has 20 heavy (non-hydrogen) atoms. The van der Waals surface area contributed by atoms with Crippen molar-refractivity contribution in [2.45, 2.75) is 13.3 Å². The van der Waals surface area contributed by atoms with Crippen LogP contribution in [0.25, 0.3) is 0 Å². The second-order valence-corrected chi connectivity index (χ2v) is 5.56. The summed E-state index contributed by atoms with van der Waals surface area (Å²) in [6.07, 6.45) is 0.609. The van der Waals surface area contributed by atoms with Gasteiger partial charge < -0.3 is 10.4 Å². The number of halogens is 1. The number of benzene rings is 1. The Kier molecular flexibility index (Phi) is 4.46. The van der Waals surface area contributed by atoms with Gasteiger partial charge in [-0.3, -0.25) is 4.79 Å². The van der Waals surface area contributed by atoms with Gasteiger partial charge in [-0.2, -0.15) is 0 Å². The highest BCUT2D eigenvalue weighted by atomic mass is 79.9. The maximum atomic E-state index is 12.1. The molecule has 0 aliphatic carbocycles. The standard InChI is InChI=1S/C12H10BrN3O3S/c1-2-9-10(20-16-15-9)11(17)14-8-4-6(12(18)19)3-7(13)5-8/h3-5H,2H2,1H3,(H,14,17)(H,18,19). The maximum absolute atomic E-state index is 12.1. The van der Waals surface area contributed by atoms with Crippen LogP contribution in [0.2, 0.25) is 0 Å². The quantitative estimate of drug-likeness (QED) is 0.879. The van der Waals surface area contributed by atoms with Gasteiger partial charge in [0, 0.05) is 10.2 Å². The molecule has 0 saturated heterocycles. The number of rotatable bonds is 4. The van der Waals surface area contributed by atoms with Crippen LogP contribution in [0.3, 0.4) is 0 Å². The fourth-order valence-electron chi connectivity index (χ4n) is 1.59. The summed E-state index contributed by atoms with van der Waals surface area (Å²) in [4.78, 5) is 23.5. The summed E-state index contributed by atoms with van der Waals surface area (Å²) in [5, 5.41) is 15.5. The summed E-state index contributed by atoms with van der Waals surface area (Å²) in [7, 11) is 0. The van der Waals surface area contributed by atoms with Crippen LogP contribution in [0.4, 0.5) is 5.69 Å². The van der Waals surface area contributed by atoms with Gasteiger partial charge >= 0.3 is 5.97 Å². The Bertz CT molecular complexity index is 672. The molecule has 0 radical (unpaired) electrons. The van der Waals surface area contributed by atoms with Crippen molar-refractivity contribution >= 4 is 45.0 Å². The molecule has 104 valence electrons. The summed E-state index contributed by atoms with van der Waals surface area (Å²) in [5.41, 5.74) is 1.12. The van der Waals surface area contributed by atoms with Gasteiger partial charge in [0.2, 0.25) is 0 Å². The monoisotopic (exact) mass is 355 g/mol. The first-order valence-corrected chi connectivity index (χ1v) is 7.24. The van der Waals surface area contributed by atoms with Gasteiger partial charge in [-0.1, -0.05) is 27.3 Å². The van der Waals surface area contributed by atoms with Crippen molar-refractivity contribution < 1.29 is 14.7 Å². The van der Waals surface area contributed by atoms with Gasteiger partial charge in [0.05, 0.1) is 11.3 Å². The Hall–Kier alpha value is -1.80. The van der Waals surface area contributed by atoms with Crippen LogP contribution in [0.5, 0.6) is 0 Å². The van der Waals surface area contributed by atoms with E-state index in [9.17, 15) is 9.59 Å². The van der Waals surface area contributed by atoms with Crippen LogP contribution in [-0.2, 0) is 6.42 Å². The van der Waals surface area contributed by atoms with E-state index in [0.29, 0.717) is 27.2 Å². The van der Waals surface area contributed by atoms with E-state index in [-0.39, 0.29) is 11.5 Å². The predicted molar refractivity (Wildman–Crippen MR) is 78.3 cm³/mol. The zero-order chi connectivity index (χ0) is 14.7. The molecule has 0 fully saturated rings. The summed E-state index contributed by atoms with van der Waals surface area (Å²) < 4.78 is 4.32. The van der Waals surface area contributed by atoms with Crippen molar-refractivity contribution in [1.82, 2.24) is 9.59 Å². The number of amides is 1. The van der Waals surface area contributed by atoms with Gasteiger partial charge in [0.15, 0.2) is 0 Å². The SMILES string of the molecule is CCc1nnsc1C(=O)Nc1cc(Br)cc(C(=O)O)c1. The number of aromatic carboxylic acids is 1. The summed E-state index contributed by atoms with van der Waals surface area (Å²) in [6, 6.07) is 4.49. The lowest BCUT2D eigenvalue weighted by molar-refractivity contribution is 0.0696. The third kappa shape index (κ3) is 3.20. The largest absolute Gasteiger partial charge is 0.478 e. The molecule has 0 bridgehead atoms. The summed E-state index contributed by atoms with van der Waals surface area (Å²) in [5.74, 6) is -1.40. The number of nitrogens with one attached hydrogen (secondary N) is 1. The molecule has 0 aliphatic heterocycles. The van der Waals surface area contributed by atoms with E-state index >= 15 is 0 Å². The van der Waals surface area contributed by atoms with Gasteiger partial charge in [-0.05, 0) is 36.2 Å². The number of carboxylic acids is 1. The van der Waals surface area contributed by atoms with Crippen LogP contribution in [-0.4, -0.2) is 26.6 Å². The lowest BCUT2D eigenvalue weighted by Gasteiger charge is -2.06. The topological polar surface area (TPSA) is 92.2 Å².